The van der Waals surface area contributed by atoms with Crippen LogP contribution in [-0.4, -0.2) is 29.8 Å². The lowest BCUT2D eigenvalue weighted by Crippen LogP contribution is -2.42. The van der Waals surface area contributed by atoms with Gasteiger partial charge in [0.1, 0.15) is 6.10 Å². The lowest BCUT2D eigenvalue weighted by molar-refractivity contribution is -0.133. The van der Waals surface area contributed by atoms with Crippen molar-refractivity contribution in [3.8, 4) is 0 Å². The topological polar surface area (TPSA) is 58.6 Å². The molecule has 0 radical (unpaired) electrons. The van der Waals surface area contributed by atoms with Crippen LogP contribution in [0, 0.1) is 0 Å². The number of benzene rings is 1. The fourth-order valence-electron chi connectivity index (χ4n) is 1.47. The summed E-state index contributed by atoms with van der Waals surface area (Å²) in [6.45, 7) is 3.98. The van der Waals surface area contributed by atoms with Crippen molar-refractivity contribution in [2.24, 2.45) is 0 Å². The molecule has 0 heterocycles. The van der Waals surface area contributed by atoms with Crippen LogP contribution in [0.5, 0.6) is 0 Å². The maximum atomic E-state index is 11.7. The molecule has 4 heteroatoms. The molecule has 1 rings (SSSR count). The minimum Gasteiger partial charge on any atom is -0.394 e. The van der Waals surface area contributed by atoms with Crippen molar-refractivity contribution in [2.75, 3.05) is 6.61 Å². The first kappa shape index (κ1) is 14.7. The van der Waals surface area contributed by atoms with E-state index >= 15 is 0 Å². The second-order valence-electron chi connectivity index (χ2n) is 4.24. The van der Waals surface area contributed by atoms with Gasteiger partial charge in [-0.25, -0.2) is 0 Å². The fourth-order valence-corrected chi connectivity index (χ4v) is 1.47. The molecule has 0 aliphatic heterocycles. The van der Waals surface area contributed by atoms with Gasteiger partial charge in [0.05, 0.1) is 19.3 Å². The Kier molecular flexibility index (Phi) is 6.39. The highest BCUT2D eigenvalue weighted by Crippen LogP contribution is 2.03. The average Bonchev–Trinajstić information content (AvgIpc) is 2.42. The van der Waals surface area contributed by atoms with E-state index in [0.29, 0.717) is 13.0 Å². The van der Waals surface area contributed by atoms with E-state index in [9.17, 15) is 4.79 Å². The first-order valence-corrected chi connectivity index (χ1v) is 6.24. The number of carbonyl (C=O) groups excluding carboxylic acids is 1. The third-order valence-electron chi connectivity index (χ3n) is 2.77. The third kappa shape index (κ3) is 4.85. The Morgan fingerprint density at radius 3 is 2.61 bits per heavy atom. The highest BCUT2D eigenvalue weighted by atomic mass is 16.5. The lowest BCUT2D eigenvalue weighted by atomic mass is 10.2. The zero-order valence-electron chi connectivity index (χ0n) is 10.9. The Morgan fingerprint density at radius 1 is 1.39 bits per heavy atom. The van der Waals surface area contributed by atoms with Crippen LogP contribution in [0.3, 0.4) is 0 Å². The molecule has 0 saturated carbocycles. The van der Waals surface area contributed by atoms with Gasteiger partial charge in [0.2, 0.25) is 5.91 Å². The summed E-state index contributed by atoms with van der Waals surface area (Å²) in [5, 5.41) is 11.7. The van der Waals surface area contributed by atoms with Gasteiger partial charge in [0, 0.05) is 0 Å². The van der Waals surface area contributed by atoms with E-state index in [-0.39, 0.29) is 18.6 Å². The molecule has 1 aromatic carbocycles. The van der Waals surface area contributed by atoms with Crippen LogP contribution in [0.1, 0.15) is 25.8 Å². The highest BCUT2D eigenvalue weighted by molar-refractivity contribution is 5.80. The van der Waals surface area contributed by atoms with Gasteiger partial charge in [-0.3, -0.25) is 4.79 Å². The third-order valence-corrected chi connectivity index (χ3v) is 2.77. The summed E-state index contributed by atoms with van der Waals surface area (Å²) in [4.78, 5) is 11.7. The first-order chi connectivity index (χ1) is 8.67. The van der Waals surface area contributed by atoms with Crippen molar-refractivity contribution in [1.29, 1.82) is 0 Å². The quantitative estimate of drug-likeness (QED) is 0.771. The van der Waals surface area contributed by atoms with E-state index in [4.69, 9.17) is 9.84 Å². The van der Waals surface area contributed by atoms with Crippen LogP contribution in [-0.2, 0) is 16.1 Å². The van der Waals surface area contributed by atoms with Crippen LogP contribution >= 0.6 is 0 Å². The van der Waals surface area contributed by atoms with Crippen molar-refractivity contribution < 1.29 is 14.6 Å². The Bertz CT molecular complexity index is 349. The number of hydrogen-bond acceptors (Lipinski definition) is 3. The zero-order valence-corrected chi connectivity index (χ0v) is 10.9. The summed E-state index contributed by atoms with van der Waals surface area (Å²) in [5.74, 6) is -0.188. The van der Waals surface area contributed by atoms with Crippen LogP contribution in [0.15, 0.2) is 30.3 Å². The summed E-state index contributed by atoms with van der Waals surface area (Å²) in [5.41, 5.74) is 1.03. The number of ether oxygens (including phenoxy) is 1. The maximum absolute atomic E-state index is 11.7. The first-order valence-electron chi connectivity index (χ1n) is 6.24. The van der Waals surface area contributed by atoms with Crippen LogP contribution in [0.2, 0.25) is 0 Å². The fraction of sp³-hybridized carbons (Fsp3) is 0.500. The number of carbonyl (C=O) groups is 1. The molecule has 18 heavy (non-hydrogen) atoms. The number of amides is 1. The summed E-state index contributed by atoms with van der Waals surface area (Å²) in [7, 11) is 0. The van der Waals surface area contributed by atoms with Crippen molar-refractivity contribution >= 4 is 5.91 Å². The molecule has 0 aliphatic rings. The van der Waals surface area contributed by atoms with Crippen LogP contribution in [0.25, 0.3) is 0 Å². The molecule has 0 aliphatic carbocycles. The molecule has 0 aromatic heterocycles. The van der Waals surface area contributed by atoms with Gasteiger partial charge < -0.3 is 15.2 Å². The summed E-state index contributed by atoms with van der Waals surface area (Å²) in [6.07, 6.45) is 0.180. The molecule has 1 amide bonds. The van der Waals surface area contributed by atoms with E-state index in [1.165, 1.54) is 0 Å². The lowest BCUT2D eigenvalue weighted by Gasteiger charge is -2.18. The minimum atomic E-state index is -0.522. The monoisotopic (exact) mass is 251 g/mol. The smallest absolute Gasteiger partial charge is 0.249 e. The van der Waals surface area contributed by atoms with E-state index < -0.39 is 6.10 Å². The second kappa shape index (κ2) is 7.84. The number of aliphatic hydroxyl groups is 1. The molecular formula is C14H21NO3. The summed E-state index contributed by atoms with van der Waals surface area (Å²) in [6, 6.07) is 9.51. The number of hydrogen-bond donors (Lipinski definition) is 2. The predicted molar refractivity (Wildman–Crippen MR) is 70.0 cm³/mol. The molecule has 2 atom stereocenters. The molecule has 100 valence electrons. The van der Waals surface area contributed by atoms with E-state index in [1.54, 1.807) is 6.92 Å². The van der Waals surface area contributed by atoms with Gasteiger partial charge in [-0.2, -0.15) is 0 Å². The van der Waals surface area contributed by atoms with Gasteiger partial charge in [0.15, 0.2) is 0 Å². The Labute approximate surface area is 108 Å². The standard InChI is InChI=1S/C14H21NO3/c1-3-13(9-16)15-14(17)11(2)18-10-12-7-5-4-6-8-12/h4-8,11,13,16H,3,9-10H2,1-2H3,(H,15,17). The Balaban J connectivity index is 2.36. The maximum Gasteiger partial charge on any atom is 0.249 e. The SMILES string of the molecule is CCC(CO)NC(=O)C(C)OCc1ccccc1. The summed E-state index contributed by atoms with van der Waals surface area (Å²) < 4.78 is 5.49. The number of aliphatic hydroxyl groups excluding tert-OH is 1. The summed E-state index contributed by atoms with van der Waals surface area (Å²) >= 11 is 0. The largest absolute Gasteiger partial charge is 0.394 e. The van der Waals surface area contributed by atoms with Crippen molar-refractivity contribution in [3.05, 3.63) is 35.9 Å². The molecule has 2 unspecified atom stereocenters. The van der Waals surface area contributed by atoms with Crippen LogP contribution < -0.4 is 5.32 Å². The molecule has 0 saturated heterocycles. The van der Waals surface area contributed by atoms with E-state index in [2.05, 4.69) is 5.32 Å². The molecule has 2 N–H and O–H groups in total. The van der Waals surface area contributed by atoms with Gasteiger partial charge in [0.25, 0.3) is 0 Å². The van der Waals surface area contributed by atoms with Crippen molar-refractivity contribution in [2.45, 2.75) is 39.0 Å². The zero-order chi connectivity index (χ0) is 13.4. The molecule has 1 aromatic rings. The average molecular weight is 251 g/mol. The van der Waals surface area contributed by atoms with Crippen molar-refractivity contribution in [1.82, 2.24) is 5.32 Å². The van der Waals surface area contributed by atoms with E-state index in [1.807, 2.05) is 37.3 Å². The molecule has 0 fully saturated rings. The van der Waals surface area contributed by atoms with Crippen molar-refractivity contribution in [3.63, 3.8) is 0 Å². The number of nitrogens with one attached hydrogen (secondary N) is 1. The normalized spacial score (nSPS) is 13.9. The predicted octanol–water partition coefficient (Wildman–Crippen LogP) is 1.48. The molecule has 0 bridgehead atoms. The minimum absolute atomic E-state index is 0.0480. The Hall–Kier alpha value is -1.39. The van der Waals surface area contributed by atoms with Gasteiger partial charge >= 0.3 is 0 Å². The molecule has 0 spiro atoms. The molecular weight excluding hydrogens is 230 g/mol. The number of rotatable bonds is 7. The second-order valence-corrected chi connectivity index (χ2v) is 4.24. The van der Waals surface area contributed by atoms with Crippen LogP contribution in [0.4, 0.5) is 0 Å². The van der Waals surface area contributed by atoms with Gasteiger partial charge in [-0.15, -0.1) is 0 Å². The van der Waals surface area contributed by atoms with Gasteiger partial charge in [-0.05, 0) is 18.9 Å². The van der Waals surface area contributed by atoms with E-state index in [0.717, 1.165) is 5.56 Å². The Morgan fingerprint density at radius 2 is 2.06 bits per heavy atom. The molecule has 4 nitrogen and oxygen atoms in total. The van der Waals surface area contributed by atoms with Gasteiger partial charge in [-0.1, -0.05) is 37.3 Å². The highest BCUT2D eigenvalue weighted by Gasteiger charge is 2.16.